The lowest BCUT2D eigenvalue weighted by Crippen LogP contribution is -2.47. The van der Waals surface area contributed by atoms with Crippen molar-refractivity contribution in [3.05, 3.63) is 84.4 Å². The van der Waals surface area contributed by atoms with Crippen molar-refractivity contribution < 1.29 is 22.7 Å². The maximum absolute atomic E-state index is 13.2. The van der Waals surface area contributed by atoms with Gasteiger partial charge in [0.05, 0.1) is 18.0 Å². The van der Waals surface area contributed by atoms with Crippen LogP contribution in [0.1, 0.15) is 44.7 Å². The highest BCUT2D eigenvalue weighted by Crippen LogP contribution is 2.42. The van der Waals surface area contributed by atoms with Crippen LogP contribution in [0.2, 0.25) is 0 Å². The molecule has 0 saturated heterocycles. The van der Waals surface area contributed by atoms with Crippen LogP contribution in [0.3, 0.4) is 0 Å². The van der Waals surface area contributed by atoms with Crippen LogP contribution in [0, 0.1) is 0 Å². The highest BCUT2D eigenvalue weighted by molar-refractivity contribution is 7.92. The molecule has 1 aliphatic heterocycles. The number of hydrogen-bond acceptors (Lipinski definition) is 5. The number of carbonyl (C=O) groups is 1. The van der Waals surface area contributed by atoms with Gasteiger partial charge in [-0.05, 0) is 55.3 Å². The second-order valence-electron chi connectivity index (χ2n) is 9.03. The number of ether oxygens (including phenoxy) is 2. The monoisotopic (exact) mass is 508 g/mol. The van der Waals surface area contributed by atoms with Gasteiger partial charge in [0.15, 0.2) is 0 Å². The Labute approximate surface area is 213 Å². The highest BCUT2D eigenvalue weighted by atomic mass is 32.2. The zero-order valence-corrected chi connectivity index (χ0v) is 21.6. The summed E-state index contributed by atoms with van der Waals surface area (Å²) in [7, 11) is -3.71. The van der Waals surface area contributed by atoms with Gasteiger partial charge < -0.3 is 14.8 Å². The second kappa shape index (κ2) is 10.6. The molecular weight excluding hydrogens is 476 g/mol. The summed E-state index contributed by atoms with van der Waals surface area (Å²) in [6.45, 7) is 3.82. The van der Waals surface area contributed by atoms with Crippen molar-refractivity contribution in [1.29, 1.82) is 0 Å². The molecule has 0 spiro atoms. The van der Waals surface area contributed by atoms with E-state index in [0.29, 0.717) is 23.6 Å². The minimum atomic E-state index is -3.71. The standard InChI is InChI=1S/C28H32N2O5S/c1-4-28(5-2)19-25(24-13-9-10-14-26(24)35-28)29-27(31)20-30(36(3,32)33)21-15-17-23(18-16-21)34-22-11-7-6-8-12-22/h6-18,25H,4-5,19-20H2,1-3H3,(H,29,31)/t25-/m0/s1. The maximum atomic E-state index is 13.2. The second-order valence-corrected chi connectivity index (χ2v) is 10.9. The minimum absolute atomic E-state index is 0.273. The van der Waals surface area contributed by atoms with Gasteiger partial charge in [-0.3, -0.25) is 9.10 Å². The average Bonchev–Trinajstić information content (AvgIpc) is 2.88. The fraction of sp³-hybridized carbons (Fsp3) is 0.321. The Morgan fingerprint density at radius 3 is 2.22 bits per heavy atom. The van der Waals surface area contributed by atoms with Crippen LogP contribution in [-0.4, -0.2) is 32.7 Å². The predicted molar refractivity (Wildman–Crippen MR) is 141 cm³/mol. The molecule has 190 valence electrons. The molecule has 0 aliphatic carbocycles. The number of nitrogens with one attached hydrogen (secondary N) is 1. The number of fused-ring (bicyclic) bond motifs is 1. The molecule has 3 aromatic carbocycles. The van der Waals surface area contributed by atoms with E-state index in [0.717, 1.165) is 34.7 Å². The summed E-state index contributed by atoms with van der Waals surface area (Å²) in [5.41, 5.74) is 0.908. The van der Waals surface area contributed by atoms with E-state index in [1.165, 1.54) is 0 Å². The molecule has 0 fully saturated rings. The zero-order valence-electron chi connectivity index (χ0n) is 20.8. The first-order chi connectivity index (χ1) is 17.2. The fourth-order valence-electron chi connectivity index (χ4n) is 4.51. The normalized spacial score (nSPS) is 16.4. The van der Waals surface area contributed by atoms with Crippen LogP contribution >= 0.6 is 0 Å². The summed E-state index contributed by atoms with van der Waals surface area (Å²) < 4.78 is 38.5. The number of rotatable bonds is 9. The smallest absolute Gasteiger partial charge is 0.241 e. The van der Waals surface area contributed by atoms with Gasteiger partial charge in [0.25, 0.3) is 0 Å². The van der Waals surface area contributed by atoms with Crippen LogP contribution in [0.5, 0.6) is 17.2 Å². The number of benzene rings is 3. The number of para-hydroxylation sites is 2. The van der Waals surface area contributed by atoms with Gasteiger partial charge in [-0.2, -0.15) is 0 Å². The number of carbonyl (C=O) groups excluding carboxylic acids is 1. The summed E-state index contributed by atoms with van der Waals surface area (Å²) in [6, 6.07) is 23.3. The summed E-state index contributed by atoms with van der Waals surface area (Å²) in [4.78, 5) is 13.2. The van der Waals surface area contributed by atoms with Crippen molar-refractivity contribution in [3.8, 4) is 17.2 Å². The SMILES string of the molecule is CCC1(CC)C[C@H](NC(=O)CN(c2ccc(Oc3ccccc3)cc2)S(C)(=O)=O)c2ccccc2O1. The van der Waals surface area contributed by atoms with Gasteiger partial charge in [-0.1, -0.05) is 50.2 Å². The van der Waals surface area contributed by atoms with Crippen LogP contribution in [0.25, 0.3) is 0 Å². The maximum Gasteiger partial charge on any atom is 0.241 e. The third-order valence-electron chi connectivity index (χ3n) is 6.61. The molecule has 1 amide bonds. The van der Waals surface area contributed by atoms with E-state index in [-0.39, 0.29) is 24.1 Å². The Morgan fingerprint density at radius 2 is 1.58 bits per heavy atom. The topological polar surface area (TPSA) is 84.9 Å². The van der Waals surface area contributed by atoms with Gasteiger partial charge in [-0.25, -0.2) is 8.42 Å². The molecule has 0 saturated carbocycles. The molecule has 1 aliphatic rings. The molecule has 4 rings (SSSR count). The third kappa shape index (κ3) is 5.82. The van der Waals surface area contributed by atoms with Crippen molar-refractivity contribution in [1.82, 2.24) is 5.32 Å². The van der Waals surface area contributed by atoms with Gasteiger partial charge in [0.1, 0.15) is 29.4 Å². The molecule has 3 aromatic rings. The van der Waals surface area contributed by atoms with Crippen LogP contribution in [0.4, 0.5) is 5.69 Å². The summed E-state index contributed by atoms with van der Waals surface area (Å²) in [5, 5.41) is 3.07. The molecule has 0 aromatic heterocycles. The van der Waals surface area contributed by atoms with Crippen LogP contribution < -0.4 is 19.1 Å². The van der Waals surface area contributed by atoms with E-state index >= 15 is 0 Å². The molecule has 0 bridgehead atoms. The molecule has 7 nitrogen and oxygen atoms in total. The molecule has 0 radical (unpaired) electrons. The number of sulfonamides is 1. The minimum Gasteiger partial charge on any atom is -0.487 e. The molecule has 1 N–H and O–H groups in total. The molecular formula is C28H32N2O5S. The predicted octanol–water partition coefficient (Wildman–Crippen LogP) is 5.44. The van der Waals surface area contributed by atoms with Crippen LogP contribution in [0.15, 0.2) is 78.9 Å². The van der Waals surface area contributed by atoms with Crippen LogP contribution in [-0.2, 0) is 14.8 Å². The van der Waals surface area contributed by atoms with E-state index in [9.17, 15) is 13.2 Å². The Hall–Kier alpha value is -3.52. The summed E-state index contributed by atoms with van der Waals surface area (Å²) in [5.74, 6) is 1.62. The summed E-state index contributed by atoms with van der Waals surface area (Å²) in [6.07, 6.45) is 3.32. The van der Waals surface area contributed by atoms with E-state index < -0.39 is 10.0 Å². The van der Waals surface area contributed by atoms with Gasteiger partial charge >= 0.3 is 0 Å². The highest BCUT2D eigenvalue weighted by Gasteiger charge is 2.39. The Morgan fingerprint density at radius 1 is 0.972 bits per heavy atom. The molecule has 8 heteroatoms. The van der Waals surface area contributed by atoms with E-state index in [1.54, 1.807) is 24.3 Å². The molecule has 36 heavy (non-hydrogen) atoms. The number of nitrogens with zero attached hydrogens (tertiary/aromatic N) is 1. The van der Waals surface area contributed by atoms with Crippen molar-refractivity contribution >= 4 is 21.6 Å². The summed E-state index contributed by atoms with van der Waals surface area (Å²) >= 11 is 0. The number of anilines is 1. The first-order valence-electron chi connectivity index (χ1n) is 12.1. The van der Waals surface area contributed by atoms with Crippen molar-refractivity contribution in [2.24, 2.45) is 0 Å². The molecule has 1 atom stereocenters. The first-order valence-corrected chi connectivity index (χ1v) is 14.0. The fourth-order valence-corrected chi connectivity index (χ4v) is 5.36. The lowest BCUT2D eigenvalue weighted by Gasteiger charge is -2.41. The quantitative estimate of drug-likeness (QED) is 0.416. The lowest BCUT2D eigenvalue weighted by atomic mass is 9.83. The lowest BCUT2D eigenvalue weighted by molar-refractivity contribution is -0.121. The molecule has 0 unspecified atom stereocenters. The largest absolute Gasteiger partial charge is 0.487 e. The Balaban J connectivity index is 1.51. The van der Waals surface area contributed by atoms with Gasteiger partial charge in [-0.15, -0.1) is 0 Å². The van der Waals surface area contributed by atoms with E-state index in [1.807, 2.05) is 54.6 Å². The van der Waals surface area contributed by atoms with Gasteiger partial charge in [0, 0.05) is 12.0 Å². The van der Waals surface area contributed by atoms with E-state index in [4.69, 9.17) is 9.47 Å². The Bertz CT molecular complexity index is 1290. The average molecular weight is 509 g/mol. The van der Waals surface area contributed by atoms with Crippen molar-refractivity contribution in [2.75, 3.05) is 17.1 Å². The Kier molecular flexibility index (Phi) is 7.54. The van der Waals surface area contributed by atoms with Gasteiger partial charge in [0.2, 0.25) is 15.9 Å². The first kappa shape index (κ1) is 25.6. The zero-order chi connectivity index (χ0) is 25.8. The number of amides is 1. The molecule has 1 heterocycles. The third-order valence-corrected chi connectivity index (χ3v) is 7.75. The van der Waals surface area contributed by atoms with Crippen molar-refractivity contribution in [3.63, 3.8) is 0 Å². The van der Waals surface area contributed by atoms with E-state index in [2.05, 4.69) is 19.2 Å². The van der Waals surface area contributed by atoms with Crippen molar-refractivity contribution in [2.45, 2.75) is 44.8 Å². The number of hydrogen-bond donors (Lipinski definition) is 1.